The van der Waals surface area contributed by atoms with Gasteiger partial charge < -0.3 is 14.2 Å². The number of rotatable bonds is 9. The van der Waals surface area contributed by atoms with Crippen LogP contribution in [0.3, 0.4) is 0 Å². The van der Waals surface area contributed by atoms with Gasteiger partial charge in [-0.3, -0.25) is 4.79 Å². The van der Waals surface area contributed by atoms with Crippen LogP contribution in [0.25, 0.3) is 11.6 Å². The van der Waals surface area contributed by atoms with E-state index >= 15 is 0 Å². The molecular weight excluding hydrogens is 452 g/mol. The quantitative estimate of drug-likeness (QED) is 0.157. The Morgan fingerprint density at radius 2 is 1.68 bits per heavy atom. The molecule has 3 rings (SSSR count). The van der Waals surface area contributed by atoms with E-state index in [4.69, 9.17) is 25.8 Å². The normalized spacial score (nSPS) is 11.4. The molecule has 3 aromatic carbocycles. The van der Waals surface area contributed by atoms with Gasteiger partial charge in [-0.1, -0.05) is 71.8 Å². The summed E-state index contributed by atoms with van der Waals surface area (Å²) in [6.45, 7) is 2.11. The second-order valence-electron chi connectivity index (χ2n) is 7.45. The van der Waals surface area contributed by atoms with Crippen molar-refractivity contribution in [2.75, 3.05) is 14.2 Å². The molecule has 0 radical (unpaired) electrons. The molecule has 5 nitrogen and oxygen atoms in total. The molecule has 0 spiro atoms. The summed E-state index contributed by atoms with van der Waals surface area (Å²) in [5.74, 6) is -0.383. The zero-order valence-electron chi connectivity index (χ0n) is 19.2. The Morgan fingerprint density at radius 3 is 2.38 bits per heavy atom. The van der Waals surface area contributed by atoms with Crippen LogP contribution in [0, 0.1) is 6.92 Å². The molecule has 0 amide bonds. The predicted molar refractivity (Wildman–Crippen MR) is 134 cm³/mol. The van der Waals surface area contributed by atoms with Crippen molar-refractivity contribution in [3.63, 3.8) is 0 Å². The Labute approximate surface area is 204 Å². The molecule has 0 aliphatic carbocycles. The number of carbonyl (C=O) groups excluding carboxylic acids is 2. The van der Waals surface area contributed by atoms with Crippen molar-refractivity contribution >= 4 is 35.0 Å². The lowest BCUT2D eigenvalue weighted by atomic mass is 10.0. The zero-order valence-corrected chi connectivity index (χ0v) is 20.0. The van der Waals surface area contributed by atoms with E-state index in [2.05, 4.69) is 0 Å². The molecule has 3 aromatic rings. The first-order valence-corrected chi connectivity index (χ1v) is 10.9. The highest BCUT2D eigenvalue weighted by atomic mass is 35.5. The van der Waals surface area contributed by atoms with Crippen molar-refractivity contribution < 1.29 is 23.8 Å². The van der Waals surface area contributed by atoms with Crippen molar-refractivity contribution in [2.45, 2.75) is 13.5 Å². The summed E-state index contributed by atoms with van der Waals surface area (Å²) in [6.07, 6.45) is 4.57. The number of esters is 1. The minimum Gasteiger partial charge on any atom is -0.503 e. The van der Waals surface area contributed by atoms with Crippen LogP contribution in [0.2, 0.25) is 5.02 Å². The molecule has 174 valence electrons. The van der Waals surface area contributed by atoms with Crippen molar-refractivity contribution in [3.05, 3.63) is 112 Å². The van der Waals surface area contributed by atoms with Gasteiger partial charge in [-0.15, -0.1) is 0 Å². The number of methoxy groups -OCH3 is 2. The van der Waals surface area contributed by atoms with Gasteiger partial charge in [-0.25, -0.2) is 4.79 Å². The number of ketones is 1. The van der Waals surface area contributed by atoms with Crippen LogP contribution in [0.15, 0.2) is 79.1 Å². The van der Waals surface area contributed by atoms with Gasteiger partial charge in [0.2, 0.25) is 0 Å². The SMILES string of the molecule is CO/C=C(/C(=O)OC)c1ccccc1COc1ccc(Cl)cc1C(=O)/C=C/c1ccc(C)cc1. The molecule has 0 atom stereocenters. The molecule has 0 unspecified atom stereocenters. The molecule has 0 fully saturated rings. The lowest BCUT2D eigenvalue weighted by Gasteiger charge is -2.14. The molecule has 0 heterocycles. The molecular formula is C28H25ClO5. The summed E-state index contributed by atoms with van der Waals surface area (Å²) in [6, 6.07) is 20.0. The number of ether oxygens (including phenoxy) is 3. The fourth-order valence-electron chi connectivity index (χ4n) is 3.27. The van der Waals surface area contributed by atoms with Gasteiger partial charge in [-0.2, -0.15) is 0 Å². The Balaban J connectivity index is 1.85. The van der Waals surface area contributed by atoms with Gasteiger partial charge in [0.15, 0.2) is 5.78 Å². The van der Waals surface area contributed by atoms with Crippen LogP contribution >= 0.6 is 11.6 Å². The fraction of sp³-hybridized carbons (Fsp3) is 0.143. The Hall–Kier alpha value is -3.83. The first kappa shape index (κ1) is 24.8. The highest BCUT2D eigenvalue weighted by Crippen LogP contribution is 2.27. The average molecular weight is 477 g/mol. The largest absolute Gasteiger partial charge is 0.503 e. The topological polar surface area (TPSA) is 61.8 Å². The Morgan fingerprint density at radius 1 is 0.941 bits per heavy atom. The maximum Gasteiger partial charge on any atom is 0.341 e. The maximum atomic E-state index is 12.9. The lowest BCUT2D eigenvalue weighted by molar-refractivity contribution is -0.133. The van der Waals surface area contributed by atoms with Gasteiger partial charge >= 0.3 is 5.97 Å². The maximum absolute atomic E-state index is 12.9. The minimum atomic E-state index is -0.530. The second-order valence-corrected chi connectivity index (χ2v) is 7.89. The van der Waals surface area contributed by atoms with Gasteiger partial charge in [0.1, 0.15) is 17.9 Å². The van der Waals surface area contributed by atoms with Crippen molar-refractivity contribution in [2.24, 2.45) is 0 Å². The summed E-state index contributed by atoms with van der Waals surface area (Å²) in [5, 5.41) is 0.427. The third kappa shape index (κ3) is 6.36. The number of allylic oxidation sites excluding steroid dienone is 1. The van der Waals surface area contributed by atoms with Gasteiger partial charge in [-0.05, 0) is 47.9 Å². The van der Waals surface area contributed by atoms with Crippen molar-refractivity contribution in [1.82, 2.24) is 0 Å². The van der Waals surface area contributed by atoms with E-state index in [0.29, 0.717) is 21.9 Å². The summed E-state index contributed by atoms with van der Waals surface area (Å²) < 4.78 is 16.0. The molecule has 0 bridgehead atoms. The van der Waals surface area contributed by atoms with Gasteiger partial charge in [0.05, 0.1) is 26.0 Å². The van der Waals surface area contributed by atoms with Crippen molar-refractivity contribution in [1.29, 1.82) is 0 Å². The standard InChI is InChI=1S/C28H25ClO5/c1-19-8-10-20(11-9-19)12-14-26(30)24-16-22(29)13-15-27(24)34-17-21-6-4-5-7-23(21)25(18-32-2)28(31)33-3/h4-16,18H,17H2,1-3H3/b14-12+,25-18+. The molecule has 34 heavy (non-hydrogen) atoms. The Kier molecular flexibility index (Phi) is 8.66. The van der Waals surface area contributed by atoms with Crippen LogP contribution in [0.5, 0.6) is 5.75 Å². The molecule has 0 aromatic heterocycles. The lowest BCUT2D eigenvalue weighted by Crippen LogP contribution is -2.09. The third-order valence-corrected chi connectivity index (χ3v) is 5.28. The van der Waals surface area contributed by atoms with E-state index in [1.54, 1.807) is 36.4 Å². The number of benzene rings is 3. The number of halogens is 1. The third-order valence-electron chi connectivity index (χ3n) is 5.04. The fourth-order valence-corrected chi connectivity index (χ4v) is 3.45. The molecule has 0 saturated heterocycles. The highest BCUT2D eigenvalue weighted by Gasteiger charge is 2.18. The van der Waals surface area contributed by atoms with E-state index in [-0.39, 0.29) is 18.0 Å². The molecule has 0 N–H and O–H groups in total. The van der Waals surface area contributed by atoms with Gasteiger partial charge in [0.25, 0.3) is 0 Å². The highest BCUT2D eigenvalue weighted by molar-refractivity contribution is 6.31. The molecule has 0 aliphatic heterocycles. The number of carbonyl (C=O) groups is 2. The van der Waals surface area contributed by atoms with Crippen molar-refractivity contribution in [3.8, 4) is 5.75 Å². The van der Waals surface area contributed by atoms with Crippen LogP contribution in [0.1, 0.15) is 32.6 Å². The van der Waals surface area contributed by atoms with Crippen LogP contribution in [0.4, 0.5) is 0 Å². The number of aryl methyl sites for hydroxylation is 1. The van der Waals surface area contributed by atoms with E-state index in [1.807, 2.05) is 43.3 Å². The number of hydrogen-bond donors (Lipinski definition) is 0. The molecule has 6 heteroatoms. The molecule has 0 aliphatic rings. The van der Waals surface area contributed by atoms with E-state index in [0.717, 1.165) is 16.7 Å². The monoisotopic (exact) mass is 476 g/mol. The minimum absolute atomic E-state index is 0.109. The zero-order chi connectivity index (χ0) is 24.5. The van der Waals surface area contributed by atoms with Crippen LogP contribution in [-0.2, 0) is 20.9 Å². The summed E-state index contributed by atoms with van der Waals surface area (Å²) in [4.78, 5) is 25.2. The average Bonchev–Trinajstić information content (AvgIpc) is 2.85. The predicted octanol–water partition coefficient (Wildman–Crippen LogP) is 6.28. The smallest absolute Gasteiger partial charge is 0.341 e. The van der Waals surface area contributed by atoms with E-state index in [1.165, 1.54) is 26.6 Å². The second kappa shape index (κ2) is 11.9. The Bertz CT molecular complexity index is 1230. The number of hydrogen-bond acceptors (Lipinski definition) is 5. The first-order valence-electron chi connectivity index (χ1n) is 10.5. The van der Waals surface area contributed by atoms with Crippen LogP contribution in [-0.4, -0.2) is 26.0 Å². The van der Waals surface area contributed by atoms with Crippen LogP contribution < -0.4 is 4.74 Å². The summed E-state index contributed by atoms with van der Waals surface area (Å²) in [7, 11) is 2.76. The van der Waals surface area contributed by atoms with E-state index in [9.17, 15) is 9.59 Å². The summed E-state index contributed by atoms with van der Waals surface area (Å²) in [5.41, 5.74) is 3.99. The van der Waals surface area contributed by atoms with Gasteiger partial charge in [0, 0.05) is 5.02 Å². The summed E-state index contributed by atoms with van der Waals surface area (Å²) >= 11 is 6.16. The first-order chi connectivity index (χ1) is 16.4. The molecule has 0 saturated carbocycles. The van der Waals surface area contributed by atoms with E-state index < -0.39 is 5.97 Å².